The van der Waals surface area contributed by atoms with Crippen molar-refractivity contribution in [2.24, 2.45) is 0 Å². The zero-order valence-electron chi connectivity index (χ0n) is 15.0. The zero-order valence-corrected chi connectivity index (χ0v) is 15.0. The highest BCUT2D eigenvalue weighted by Gasteiger charge is 2.27. The summed E-state index contributed by atoms with van der Waals surface area (Å²) in [5, 5.41) is 7.79. The molecule has 0 spiro atoms. The molecule has 1 N–H and O–H groups in total. The van der Waals surface area contributed by atoms with Gasteiger partial charge in [0.1, 0.15) is 0 Å². The number of nitrogens with one attached hydrogen (secondary N) is 1. The molecule has 1 aliphatic heterocycles. The van der Waals surface area contributed by atoms with Crippen LogP contribution >= 0.6 is 0 Å². The minimum atomic E-state index is 0.0111. The summed E-state index contributed by atoms with van der Waals surface area (Å²) in [5.74, 6) is 0.123. The van der Waals surface area contributed by atoms with E-state index in [4.69, 9.17) is 0 Å². The average Bonchev–Trinajstić information content (AvgIpc) is 3.10. The van der Waals surface area contributed by atoms with Gasteiger partial charge in [-0.15, -0.1) is 0 Å². The number of rotatable bonds is 4. The molecule has 5 nitrogen and oxygen atoms in total. The molecule has 1 saturated heterocycles. The molecule has 1 fully saturated rings. The van der Waals surface area contributed by atoms with Crippen LogP contribution in [0.2, 0.25) is 0 Å². The molecule has 1 aromatic heterocycles. The van der Waals surface area contributed by atoms with Crippen molar-refractivity contribution < 1.29 is 4.79 Å². The Balaban J connectivity index is 1.78. The summed E-state index contributed by atoms with van der Waals surface area (Å²) >= 11 is 0. The molecule has 0 saturated carbocycles. The van der Waals surface area contributed by atoms with Crippen LogP contribution in [0.15, 0.2) is 24.3 Å². The number of carbonyl (C=O) groups is 1. The highest BCUT2D eigenvalue weighted by Crippen LogP contribution is 2.21. The fourth-order valence-corrected chi connectivity index (χ4v) is 3.50. The van der Waals surface area contributed by atoms with Gasteiger partial charge in [-0.05, 0) is 58.8 Å². The molecule has 5 heteroatoms. The second kappa shape index (κ2) is 6.77. The number of likely N-dealkylation sites (tertiary alicyclic amines) is 1. The Morgan fingerprint density at radius 1 is 1.29 bits per heavy atom. The summed E-state index contributed by atoms with van der Waals surface area (Å²) in [7, 11) is 2.02. The van der Waals surface area contributed by atoms with Crippen LogP contribution in [0.5, 0.6) is 0 Å². The van der Waals surface area contributed by atoms with Gasteiger partial charge in [0, 0.05) is 17.8 Å². The number of aromatic nitrogens is 2. The highest BCUT2D eigenvalue weighted by molar-refractivity contribution is 5.82. The predicted molar refractivity (Wildman–Crippen MR) is 95.3 cm³/mol. The molecule has 0 radical (unpaired) electrons. The Morgan fingerprint density at radius 3 is 2.71 bits per heavy atom. The Morgan fingerprint density at radius 2 is 2.04 bits per heavy atom. The number of benzene rings is 1. The lowest BCUT2D eigenvalue weighted by Crippen LogP contribution is -2.41. The summed E-state index contributed by atoms with van der Waals surface area (Å²) in [4.78, 5) is 14.5. The van der Waals surface area contributed by atoms with Crippen LogP contribution in [0.25, 0.3) is 5.69 Å². The van der Waals surface area contributed by atoms with E-state index in [1.54, 1.807) is 0 Å². The van der Waals surface area contributed by atoms with Gasteiger partial charge < -0.3 is 5.32 Å². The van der Waals surface area contributed by atoms with Crippen LogP contribution in [0.3, 0.4) is 0 Å². The second-order valence-electron chi connectivity index (χ2n) is 6.70. The summed E-state index contributed by atoms with van der Waals surface area (Å²) in [6, 6.07) is 8.23. The SMILES string of the molecule is Cc1ccccc1-n1nc(C)c(CNC(=O)[C@@H]2CCCN2C)c1C. The average molecular weight is 326 g/mol. The molecule has 3 rings (SSSR count). The summed E-state index contributed by atoms with van der Waals surface area (Å²) < 4.78 is 1.98. The topological polar surface area (TPSA) is 50.2 Å². The third-order valence-electron chi connectivity index (χ3n) is 5.05. The standard InChI is InChI=1S/C19H26N4O/c1-13-8-5-6-9-17(13)23-15(3)16(14(2)21-23)12-20-19(24)18-10-7-11-22(18)4/h5-6,8-9,18H,7,10-12H2,1-4H3,(H,20,24)/t18-/m0/s1. The van der Waals surface area contributed by atoms with Gasteiger partial charge >= 0.3 is 0 Å². The molecule has 0 aliphatic carbocycles. The predicted octanol–water partition coefficient (Wildman–Crippen LogP) is 2.51. The number of amides is 1. The van der Waals surface area contributed by atoms with Crippen LogP contribution in [0.1, 0.15) is 35.4 Å². The van der Waals surface area contributed by atoms with E-state index in [0.29, 0.717) is 6.54 Å². The maximum atomic E-state index is 12.4. The van der Waals surface area contributed by atoms with Gasteiger partial charge in [-0.3, -0.25) is 9.69 Å². The third-order valence-corrected chi connectivity index (χ3v) is 5.05. The molecule has 1 aromatic carbocycles. The first-order valence-corrected chi connectivity index (χ1v) is 8.58. The molecule has 24 heavy (non-hydrogen) atoms. The van der Waals surface area contributed by atoms with Gasteiger partial charge in [0.25, 0.3) is 0 Å². The van der Waals surface area contributed by atoms with Crippen molar-refractivity contribution in [3.05, 3.63) is 46.8 Å². The summed E-state index contributed by atoms with van der Waals surface area (Å²) in [6.07, 6.45) is 2.04. The van der Waals surface area contributed by atoms with Crippen molar-refractivity contribution in [3.63, 3.8) is 0 Å². The van der Waals surface area contributed by atoms with Crippen molar-refractivity contribution in [2.75, 3.05) is 13.6 Å². The Hall–Kier alpha value is -2.14. The minimum absolute atomic E-state index is 0.0111. The number of likely N-dealkylation sites (N-methyl/N-ethyl adjacent to an activating group) is 1. The molecule has 0 bridgehead atoms. The lowest BCUT2D eigenvalue weighted by Gasteiger charge is -2.18. The van der Waals surface area contributed by atoms with Gasteiger partial charge in [0.2, 0.25) is 5.91 Å². The summed E-state index contributed by atoms with van der Waals surface area (Å²) in [5.41, 5.74) is 5.43. The number of hydrogen-bond acceptors (Lipinski definition) is 3. The van der Waals surface area contributed by atoms with E-state index >= 15 is 0 Å². The first kappa shape index (κ1) is 16.7. The number of nitrogens with zero attached hydrogens (tertiary/aromatic N) is 3. The lowest BCUT2D eigenvalue weighted by molar-refractivity contribution is -0.125. The van der Waals surface area contributed by atoms with Crippen LogP contribution in [0.4, 0.5) is 0 Å². The highest BCUT2D eigenvalue weighted by atomic mass is 16.2. The van der Waals surface area contributed by atoms with Crippen molar-refractivity contribution in [1.82, 2.24) is 20.0 Å². The van der Waals surface area contributed by atoms with Crippen molar-refractivity contribution in [3.8, 4) is 5.69 Å². The van der Waals surface area contributed by atoms with Gasteiger partial charge in [0.05, 0.1) is 17.4 Å². The molecule has 2 heterocycles. The van der Waals surface area contributed by atoms with Crippen molar-refractivity contribution in [1.29, 1.82) is 0 Å². The summed E-state index contributed by atoms with van der Waals surface area (Å²) in [6.45, 7) is 7.69. The number of aryl methyl sites for hydroxylation is 2. The monoisotopic (exact) mass is 326 g/mol. The second-order valence-corrected chi connectivity index (χ2v) is 6.70. The number of carbonyl (C=O) groups excluding carboxylic acids is 1. The molecule has 1 aliphatic rings. The third kappa shape index (κ3) is 3.08. The Kier molecular flexibility index (Phi) is 4.71. The molecule has 1 atom stereocenters. The van der Waals surface area contributed by atoms with E-state index < -0.39 is 0 Å². The van der Waals surface area contributed by atoms with E-state index in [-0.39, 0.29) is 11.9 Å². The van der Waals surface area contributed by atoms with Gasteiger partial charge in [0.15, 0.2) is 0 Å². The maximum absolute atomic E-state index is 12.4. The van der Waals surface area contributed by atoms with E-state index in [2.05, 4.69) is 41.3 Å². The van der Waals surface area contributed by atoms with E-state index in [0.717, 1.165) is 42.0 Å². The smallest absolute Gasteiger partial charge is 0.237 e. The number of hydrogen-bond donors (Lipinski definition) is 1. The largest absolute Gasteiger partial charge is 0.351 e. The first-order chi connectivity index (χ1) is 11.5. The van der Waals surface area contributed by atoms with E-state index in [9.17, 15) is 4.79 Å². The van der Waals surface area contributed by atoms with Crippen LogP contribution in [0, 0.1) is 20.8 Å². The zero-order chi connectivity index (χ0) is 17.3. The molecule has 2 aromatic rings. The van der Waals surface area contributed by atoms with Crippen LogP contribution < -0.4 is 5.32 Å². The maximum Gasteiger partial charge on any atom is 0.237 e. The fraction of sp³-hybridized carbons (Fsp3) is 0.474. The minimum Gasteiger partial charge on any atom is -0.351 e. The first-order valence-electron chi connectivity index (χ1n) is 8.58. The molecular weight excluding hydrogens is 300 g/mol. The number of para-hydroxylation sites is 1. The molecular formula is C19H26N4O. The van der Waals surface area contributed by atoms with Crippen molar-refractivity contribution in [2.45, 2.75) is 46.2 Å². The lowest BCUT2D eigenvalue weighted by atomic mass is 10.1. The van der Waals surface area contributed by atoms with Gasteiger partial charge in [-0.25, -0.2) is 4.68 Å². The van der Waals surface area contributed by atoms with Crippen LogP contribution in [-0.4, -0.2) is 40.2 Å². The van der Waals surface area contributed by atoms with Gasteiger partial charge in [-0.2, -0.15) is 5.10 Å². The molecule has 0 unspecified atom stereocenters. The van der Waals surface area contributed by atoms with E-state index in [1.165, 1.54) is 5.56 Å². The van der Waals surface area contributed by atoms with Crippen molar-refractivity contribution >= 4 is 5.91 Å². The normalized spacial score (nSPS) is 18.1. The molecule has 128 valence electrons. The Bertz CT molecular complexity index is 750. The Labute approximate surface area is 143 Å². The fourth-order valence-electron chi connectivity index (χ4n) is 3.50. The van der Waals surface area contributed by atoms with Gasteiger partial charge in [-0.1, -0.05) is 18.2 Å². The quantitative estimate of drug-likeness (QED) is 0.939. The van der Waals surface area contributed by atoms with Crippen LogP contribution in [-0.2, 0) is 11.3 Å². The molecule has 1 amide bonds. The van der Waals surface area contributed by atoms with E-state index in [1.807, 2.05) is 30.8 Å².